The van der Waals surface area contributed by atoms with Gasteiger partial charge in [0.1, 0.15) is 16.0 Å². The van der Waals surface area contributed by atoms with E-state index in [1.165, 1.54) is 11.0 Å². The molecule has 1 fully saturated rings. The van der Waals surface area contributed by atoms with Crippen LogP contribution in [0.25, 0.3) is 11.4 Å². The molecule has 0 bridgehead atoms. The zero-order chi connectivity index (χ0) is 23.7. The number of hydrogen-bond acceptors (Lipinski definition) is 10. The third-order valence-corrected chi connectivity index (χ3v) is 7.74. The van der Waals surface area contributed by atoms with Gasteiger partial charge in [-0.25, -0.2) is 31.1 Å². The average Bonchev–Trinajstić information content (AvgIpc) is 3.27. The molecule has 32 heavy (non-hydrogen) atoms. The zero-order valence-electron chi connectivity index (χ0n) is 17.1. The highest BCUT2D eigenvalue weighted by atomic mass is 32.2. The van der Waals surface area contributed by atoms with E-state index in [9.17, 15) is 26.3 Å². The van der Waals surface area contributed by atoms with E-state index < -0.39 is 48.2 Å². The van der Waals surface area contributed by atoms with E-state index in [-0.39, 0.29) is 49.6 Å². The minimum absolute atomic E-state index is 0.150. The third kappa shape index (κ3) is 5.05. The largest absolute Gasteiger partial charge is 0.392 e. The van der Waals surface area contributed by atoms with Crippen LogP contribution < -0.4 is 20.5 Å². The number of tetrazole rings is 1. The molecule has 1 saturated heterocycles. The summed E-state index contributed by atoms with van der Waals surface area (Å²) >= 11 is 0. The predicted octanol–water partition coefficient (Wildman–Crippen LogP) is -1.56. The number of nitrogens with one attached hydrogen (secondary N) is 2. The van der Waals surface area contributed by atoms with Gasteiger partial charge in [0.25, 0.3) is 0 Å². The molecule has 0 amide bonds. The quantitative estimate of drug-likeness (QED) is 0.286. The highest BCUT2D eigenvalue weighted by Gasteiger charge is 2.35. The van der Waals surface area contributed by atoms with Crippen molar-refractivity contribution in [3.63, 3.8) is 0 Å². The Balaban J connectivity index is 2.23. The van der Waals surface area contributed by atoms with Gasteiger partial charge in [-0.3, -0.25) is 0 Å². The highest BCUT2D eigenvalue weighted by molar-refractivity contribution is 7.92. The van der Waals surface area contributed by atoms with Gasteiger partial charge in [0.2, 0.25) is 25.9 Å². The van der Waals surface area contributed by atoms with Crippen molar-refractivity contribution in [3.8, 4) is 11.4 Å². The summed E-state index contributed by atoms with van der Waals surface area (Å²) in [5, 5.41) is 28.3. The van der Waals surface area contributed by atoms with Crippen molar-refractivity contribution in [2.24, 2.45) is 10.9 Å². The van der Waals surface area contributed by atoms with Gasteiger partial charge >= 0.3 is 0 Å². The molecular formula is C16H25FN8O5S2. The fourth-order valence-electron chi connectivity index (χ4n) is 3.36. The molecule has 0 aliphatic carbocycles. The molecule has 0 radical (unpaired) electrons. The fourth-order valence-corrected chi connectivity index (χ4v) is 6.03. The van der Waals surface area contributed by atoms with E-state index >= 15 is 0 Å². The van der Waals surface area contributed by atoms with Gasteiger partial charge in [0, 0.05) is 24.8 Å². The van der Waals surface area contributed by atoms with Crippen molar-refractivity contribution in [1.82, 2.24) is 25.3 Å². The maximum absolute atomic E-state index is 14.3. The topological polar surface area (TPSA) is 210 Å². The van der Waals surface area contributed by atoms with Crippen LogP contribution in [0, 0.1) is 0 Å². The summed E-state index contributed by atoms with van der Waals surface area (Å²) in [6.07, 6.45) is -1.80. The second kappa shape index (κ2) is 9.32. The molecule has 178 valence electrons. The van der Waals surface area contributed by atoms with Crippen molar-refractivity contribution in [1.29, 1.82) is 0 Å². The Hall–Kier alpha value is -2.24. The van der Waals surface area contributed by atoms with E-state index in [1.807, 2.05) is 0 Å². The molecule has 3 rings (SSSR count). The predicted molar refractivity (Wildman–Crippen MR) is 112 cm³/mol. The maximum Gasteiger partial charge on any atom is 0.242 e. The molecule has 1 aromatic carbocycles. The lowest BCUT2D eigenvalue weighted by Crippen LogP contribution is -2.48. The Morgan fingerprint density at radius 3 is 2.66 bits per heavy atom. The second-order valence-corrected chi connectivity index (χ2v) is 10.6. The Bertz CT molecular complexity index is 1160. The summed E-state index contributed by atoms with van der Waals surface area (Å²) in [6.45, 7) is 1.45. The van der Waals surface area contributed by atoms with Gasteiger partial charge in [0.15, 0.2) is 0 Å². The van der Waals surface area contributed by atoms with E-state index in [0.717, 1.165) is 6.07 Å². The maximum atomic E-state index is 14.3. The van der Waals surface area contributed by atoms with Gasteiger partial charge in [0.05, 0.1) is 18.2 Å². The van der Waals surface area contributed by atoms with Crippen LogP contribution in [-0.4, -0.2) is 80.5 Å². The average molecular weight is 493 g/mol. The molecule has 0 unspecified atom stereocenters. The molecule has 1 aliphatic rings. The summed E-state index contributed by atoms with van der Waals surface area (Å²) < 4.78 is 67.5. The molecule has 3 atom stereocenters. The van der Waals surface area contributed by atoms with Crippen molar-refractivity contribution >= 4 is 25.7 Å². The summed E-state index contributed by atoms with van der Waals surface area (Å²) in [4.78, 5) is 0.108. The number of rotatable bonds is 8. The smallest absolute Gasteiger partial charge is 0.242 e. The molecule has 2 heterocycles. The van der Waals surface area contributed by atoms with Crippen molar-refractivity contribution < 1.29 is 26.3 Å². The van der Waals surface area contributed by atoms with Crippen molar-refractivity contribution in [2.45, 2.75) is 47.9 Å². The Morgan fingerprint density at radius 2 is 2.09 bits per heavy atom. The van der Waals surface area contributed by atoms with E-state index in [0.29, 0.717) is 0 Å². The molecule has 2 aromatic rings. The molecule has 0 saturated carbocycles. The van der Waals surface area contributed by atoms with E-state index in [2.05, 4.69) is 25.3 Å². The van der Waals surface area contributed by atoms with Gasteiger partial charge in [-0.2, -0.15) is 5.21 Å². The van der Waals surface area contributed by atoms with Crippen LogP contribution in [-0.2, 0) is 20.0 Å². The van der Waals surface area contributed by atoms with Crippen LogP contribution in [0.2, 0.25) is 0 Å². The summed E-state index contributed by atoms with van der Waals surface area (Å²) in [5.74, 6) is -0.236. The molecule has 16 heteroatoms. The molecular weight excluding hydrogens is 467 g/mol. The van der Waals surface area contributed by atoms with E-state index in [1.54, 1.807) is 6.92 Å². The Morgan fingerprint density at radius 1 is 1.38 bits per heavy atom. The number of piperidine rings is 1. The number of primary sulfonamides is 1. The first-order chi connectivity index (χ1) is 15.0. The number of aliphatic hydroxyl groups is 1. The molecule has 0 spiro atoms. The number of hydrogen-bond donors (Lipinski definition) is 5. The Kier molecular flexibility index (Phi) is 7.11. The van der Waals surface area contributed by atoms with Gasteiger partial charge in [-0.1, -0.05) is 6.92 Å². The monoisotopic (exact) mass is 492 g/mol. The summed E-state index contributed by atoms with van der Waals surface area (Å²) in [6, 6.07) is 1.71. The lowest BCUT2D eigenvalue weighted by molar-refractivity contribution is 0.174. The number of aromatic amines is 1. The van der Waals surface area contributed by atoms with Crippen molar-refractivity contribution in [2.75, 3.05) is 24.5 Å². The number of anilines is 1. The number of nitrogens with zero attached hydrogens (tertiary/aromatic N) is 4. The zero-order valence-corrected chi connectivity index (χ0v) is 18.8. The lowest BCUT2D eigenvalue weighted by Gasteiger charge is -2.35. The number of alkyl halides is 1. The number of halogens is 1. The van der Waals surface area contributed by atoms with Crippen molar-refractivity contribution in [3.05, 3.63) is 12.1 Å². The molecule has 1 aromatic heterocycles. The molecule has 7 N–H and O–H groups in total. The highest BCUT2D eigenvalue weighted by Crippen LogP contribution is 2.39. The van der Waals surface area contributed by atoms with E-state index in [4.69, 9.17) is 10.9 Å². The van der Waals surface area contributed by atoms with Crippen LogP contribution in [0.5, 0.6) is 0 Å². The number of sulfonamides is 2. The van der Waals surface area contributed by atoms with Gasteiger partial charge in [-0.05, 0) is 30.2 Å². The van der Waals surface area contributed by atoms with Crippen LogP contribution in [0.4, 0.5) is 10.1 Å². The fraction of sp³-hybridized carbons (Fsp3) is 0.562. The first-order valence-corrected chi connectivity index (χ1v) is 12.7. The molecule has 13 nitrogen and oxygen atoms in total. The minimum atomic E-state index is -4.65. The second-order valence-electron chi connectivity index (χ2n) is 7.40. The SMILES string of the molecule is CC[C@@H](O)CNS(=O)(=O)c1ccc(N2CC[C@H](N)[C@H](F)C2)c(-c2nn[nH]n2)c1S(N)(=O)=O. The summed E-state index contributed by atoms with van der Waals surface area (Å²) in [5.41, 5.74) is 5.67. The normalized spacial score (nSPS) is 21.0. The first kappa shape index (κ1) is 24.4. The van der Waals surface area contributed by atoms with Crippen LogP contribution in [0.3, 0.4) is 0 Å². The number of aliphatic hydroxyl groups excluding tert-OH is 1. The number of nitrogens with two attached hydrogens (primary N) is 2. The number of H-pyrrole nitrogens is 1. The standard InChI is InChI=1S/C16H25FN8O5S2/c1-2-9(26)7-20-32(29,30)13-4-3-12(25-6-5-11(18)10(17)8-25)14(15(13)31(19,27)28)16-21-23-24-22-16/h3-4,9-11,20,26H,2,5-8,18H2,1H3,(H2,19,27,28)(H,21,22,23,24)/t9-,10-,11+/m1/s1. The number of benzene rings is 1. The van der Waals surface area contributed by atoms with Crippen LogP contribution >= 0.6 is 0 Å². The lowest BCUT2D eigenvalue weighted by atomic mass is 10.0. The Labute approximate surface area is 184 Å². The molecule has 1 aliphatic heterocycles. The summed E-state index contributed by atoms with van der Waals surface area (Å²) in [7, 11) is -9.08. The van der Waals surface area contributed by atoms with Gasteiger partial charge < -0.3 is 15.7 Å². The van der Waals surface area contributed by atoms with Crippen LogP contribution in [0.1, 0.15) is 19.8 Å². The number of aromatic nitrogens is 4. The third-order valence-electron chi connectivity index (χ3n) is 5.16. The first-order valence-electron chi connectivity index (χ1n) is 9.71. The van der Waals surface area contributed by atoms with Gasteiger partial charge in [-0.15, -0.1) is 10.2 Å². The minimum Gasteiger partial charge on any atom is -0.392 e. The van der Waals surface area contributed by atoms with Crippen LogP contribution in [0.15, 0.2) is 21.9 Å².